The number of hydrogen-bond donors (Lipinski definition) is 1. The Labute approximate surface area is 123 Å². The van der Waals surface area contributed by atoms with E-state index in [9.17, 15) is 9.90 Å². The van der Waals surface area contributed by atoms with Crippen LogP contribution in [0.5, 0.6) is 11.5 Å². The highest BCUT2D eigenvalue weighted by molar-refractivity contribution is 6.20. The fourth-order valence-corrected chi connectivity index (χ4v) is 2.00. The largest absolute Gasteiger partial charge is 0.497 e. The van der Waals surface area contributed by atoms with Crippen LogP contribution in [0.15, 0.2) is 48.5 Å². The first-order valence-electron chi connectivity index (χ1n) is 6.38. The van der Waals surface area contributed by atoms with Crippen molar-refractivity contribution in [3.63, 3.8) is 0 Å². The van der Waals surface area contributed by atoms with Crippen LogP contribution in [0.1, 0.15) is 11.1 Å². The van der Waals surface area contributed by atoms with Crippen molar-refractivity contribution < 1.29 is 19.4 Å². The van der Waals surface area contributed by atoms with Gasteiger partial charge in [0.1, 0.15) is 11.5 Å². The predicted molar refractivity (Wildman–Crippen MR) is 81.5 cm³/mol. The average Bonchev–Trinajstić information content (AvgIpc) is 2.52. The van der Waals surface area contributed by atoms with Gasteiger partial charge in [-0.3, -0.25) is 0 Å². The van der Waals surface area contributed by atoms with Crippen molar-refractivity contribution in [3.05, 3.63) is 59.7 Å². The third kappa shape index (κ3) is 3.42. The Bertz CT molecular complexity index is 674. The molecule has 0 bridgehead atoms. The van der Waals surface area contributed by atoms with Gasteiger partial charge in [0.05, 0.1) is 19.8 Å². The summed E-state index contributed by atoms with van der Waals surface area (Å²) in [5.41, 5.74) is 1.46. The molecule has 0 amide bonds. The minimum atomic E-state index is -1.01. The normalized spacial score (nSPS) is 11.0. The smallest absolute Gasteiger partial charge is 0.336 e. The SMILES string of the molecule is COc1cccc(/C(=C\c2ccccc2OC)C(=O)O)c1. The Kier molecular flexibility index (Phi) is 4.61. The van der Waals surface area contributed by atoms with Crippen molar-refractivity contribution in [1.82, 2.24) is 0 Å². The number of benzene rings is 2. The van der Waals surface area contributed by atoms with Crippen molar-refractivity contribution in [3.8, 4) is 11.5 Å². The second-order valence-electron chi connectivity index (χ2n) is 4.34. The topological polar surface area (TPSA) is 55.8 Å². The molecular weight excluding hydrogens is 268 g/mol. The van der Waals surface area contributed by atoms with Gasteiger partial charge in [-0.1, -0.05) is 30.3 Å². The van der Waals surface area contributed by atoms with E-state index < -0.39 is 5.97 Å². The number of carboxylic acid groups (broad SMARTS) is 1. The molecule has 0 radical (unpaired) electrons. The van der Waals surface area contributed by atoms with Gasteiger partial charge in [0, 0.05) is 5.56 Å². The number of carbonyl (C=O) groups is 1. The lowest BCUT2D eigenvalue weighted by atomic mass is 10.0. The van der Waals surface area contributed by atoms with Crippen molar-refractivity contribution >= 4 is 17.6 Å². The van der Waals surface area contributed by atoms with Gasteiger partial charge in [-0.2, -0.15) is 0 Å². The van der Waals surface area contributed by atoms with Gasteiger partial charge in [-0.25, -0.2) is 4.79 Å². The number of aliphatic carboxylic acids is 1. The van der Waals surface area contributed by atoms with E-state index in [0.29, 0.717) is 22.6 Å². The molecule has 0 atom stereocenters. The summed E-state index contributed by atoms with van der Waals surface area (Å²) < 4.78 is 10.4. The molecule has 0 aromatic heterocycles. The highest BCUT2D eigenvalue weighted by Crippen LogP contribution is 2.26. The van der Waals surface area contributed by atoms with Crippen LogP contribution in [0, 0.1) is 0 Å². The molecule has 0 aliphatic carbocycles. The molecule has 0 fully saturated rings. The molecule has 0 spiro atoms. The zero-order valence-electron chi connectivity index (χ0n) is 11.9. The van der Waals surface area contributed by atoms with Crippen molar-refractivity contribution in [2.45, 2.75) is 0 Å². The Morgan fingerprint density at radius 2 is 1.81 bits per heavy atom. The van der Waals surface area contributed by atoms with Crippen molar-refractivity contribution in [2.24, 2.45) is 0 Å². The van der Waals surface area contributed by atoms with E-state index in [2.05, 4.69) is 0 Å². The van der Waals surface area contributed by atoms with Crippen LogP contribution in [0.2, 0.25) is 0 Å². The first kappa shape index (κ1) is 14.7. The number of rotatable bonds is 5. The van der Waals surface area contributed by atoms with E-state index in [-0.39, 0.29) is 5.57 Å². The summed E-state index contributed by atoms with van der Waals surface area (Å²) in [5.74, 6) is 0.230. The fraction of sp³-hybridized carbons (Fsp3) is 0.118. The lowest BCUT2D eigenvalue weighted by molar-refractivity contribution is -0.130. The monoisotopic (exact) mass is 284 g/mol. The van der Waals surface area contributed by atoms with Gasteiger partial charge < -0.3 is 14.6 Å². The Morgan fingerprint density at radius 1 is 1.05 bits per heavy atom. The van der Waals surface area contributed by atoms with Crippen molar-refractivity contribution in [2.75, 3.05) is 14.2 Å². The van der Waals surface area contributed by atoms with Crippen LogP contribution in [0.25, 0.3) is 11.6 Å². The minimum absolute atomic E-state index is 0.179. The van der Waals surface area contributed by atoms with Gasteiger partial charge in [-0.15, -0.1) is 0 Å². The van der Waals surface area contributed by atoms with Gasteiger partial charge in [-0.05, 0) is 29.8 Å². The number of methoxy groups -OCH3 is 2. The summed E-state index contributed by atoms with van der Waals surface area (Å²) in [5, 5.41) is 9.47. The molecule has 4 heteroatoms. The van der Waals surface area contributed by atoms with Crippen LogP contribution >= 0.6 is 0 Å². The summed E-state index contributed by atoms with van der Waals surface area (Å²) in [4.78, 5) is 11.6. The summed E-state index contributed by atoms with van der Waals surface area (Å²) in [6.45, 7) is 0. The Balaban J connectivity index is 2.52. The minimum Gasteiger partial charge on any atom is -0.497 e. The number of carboxylic acids is 1. The number of para-hydroxylation sites is 1. The quantitative estimate of drug-likeness (QED) is 0.676. The molecule has 2 aromatic carbocycles. The third-order valence-electron chi connectivity index (χ3n) is 3.05. The molecule has 2 rings (SSSR count). The summed E-state index contributed by atoms with van der Waals surface area (Å²) in [6.07, 6.45) is 1.59. The molecule has 2 aromatic rings. The molecular formula is C17H16O4. The average molecular weight is 284 g/mol. The number of hydrogen-bond acceptors (Lipinski definition) is 3. The maximum Gasteiger partial charge on any atom is 0.336 e. The van der Waals surface area contributed by atoms with E-state index in [0.717, 1.165) is 0 Å². The standard InChI is InChI=1S/C17H16O4/c1-20-14-8-5-7-12(10-14)15(17(18)19)11-13-6-3-4-9-16(13)21-2/h3-11H,1-2H3,(H,18,19)/b15-11+. The van der Waals surface area contributed by atoms with E-state index >= 15 is 0 Å². The predicted octanol–water partition coefficient (Wildman–Crippen LogP) is 3.33. The maximum absolute atomic E-state index is 11.6. The molecule has 0 aliphatic heterocycles. The molecule has 0 unspecified atom stereocenters. The summed E-state index contributed by atoms with van der Waals surface area (Å²) in [7, 11) is 3.10. The van der Waals surface area contributed by atoms with E-state index in [1.54, 1.807) is 50.6 Å². The van der Waals surface area contributed by atoms with Gasteiger partial charge >= 0.3 is 5.97 Å². The van der Waals surface area contributed by atoms with Gasteiger partial charge in [0.15, 0.2) is 0 Å². The van der Waals surface area contributed by atoms with Gasteiger partial charge in [0.25, 0.3) is 0 Å². The fourth-order valence-electron chi connectivity index (χ4n) is 2.00. The van der Waals surface area contributed by atoms with Crippen LogP contribution in [-0.4, -0.2) is 25.3 Å². The first-order chi connectivity index (χ1) is 10.2. The molecule has 0 saturated heterocycles. The van der Waals surface area contributed by atoms with Crippen LogP contribution < -0.4 is 9.47 Å². The zero-order chi connectivity index (χ0) is 15.2. The highest BCUT2D eigenvalue weighted by atomic mass is 16.5. The second-order valence-corrected chi connectivity index (χ2v) is 4.34. The van der Waals surface area contributed by atoms with Gasteiger partial charge in [0.2, 0.25) is 0 Å². The van der Waals surface area contributed by atoms with Crippen LogP contribution in [-0.2, 0) is 4.79 Å². The lowest BCUT2D eigenvalue weighted by Crippen LogP contribution is -2.00. The molecule has 0 saturated carbocycles. The molecule has 21 heavy (non-hydrogen) atoms. The van der Waals surface area contributed by atoms with E-state index in [1.807, 2.05) is 18.2 Å². The molecule has 4 nitrogen and oxygen atoms in total. The molecule has 1 N–H and O–H groups in total. The zero-order valence-corrected chi connectivity index (χ0v) is 11.9. The summed E-state index contributed by atoms with van der Waals surface area (Å²) in [6, 6.07) is 14.2. The number of ether oxygens (including phenoxy) is 2. The molecule has 0 heterocycles. The lowest BCUT2D eigenvalue weighted by Gasteiger charge is -2.08. The van der Waals surface area contributed by atoms with Crippen LogP contribution in [0.3, 0.4) is 0 Å². The summed E-state index contributed by atoms with van der Waals surface area (Å²) >= 11 is 0. The Morgan fingerprint density at radius 3 is 2.48 bits per heavy atom. The van der Waals surface area contributed by atoms with Crippen LogP contribution in [0.4, 0.5) is 0 Å². The molecule has 108 valence electrons. The Hall–Kier alpha value is -2.75. The second kappa shape index (κ2) is 6.61. The van der Waals surface area contributed by atoms with E-state index in [1.165, 1.54) is 0 Å². The first-order valence-corrected chi connectivity index (χ1v) is 6.38. The van der Waals surface area contributed by atoms with E-state index in [4.69, 9.17) is 9.47 Å². The maximum atomic E-state index is 11.6. The highest BCUT2D eigenvalue weighted by Gasteiger charge is 2.12. The third-order valence-corrected chi connectivity index (χ3v) is 3.05. The molecule has 0 aliphatic rings. The van der Waals surface area contributed by atoms with Crippen molar-refractivity contribution in [1.29, 1.82) is 0 Å².